The highest BCUT2D eigenvalue weighted by atomic mass is 32.1. The van der Waals surface area contributed by atoms with Crippen molar-refractivity contribution in [1.82, 2.24) is 38.2 Å². The zero-order chi connectivity index (χ0) is 70.7. The van der Waals surface area contributed by atoms with Gasteiger partial charge in [0, 0.05) is 60.9 Å². The fraction of sp³-hybridized carbons (Fsp3) is 0.500. The molecule has 28 heteroatoms. The van der Waals surface area contributed by atoms with Gasteiger partial charge >= 0.3 is 5.69 Å². The second-order valence-electron chi connectivity index (χ2n) is 25.2. The molecule has 0 spiro atoms. The van der Waals surface area contributed by atoms with Crippen LogP contribution in [0.15, 0.2) is 113 Å². The van der Waals surface area contributed by atoms with Crippen molar-refractivity contribution >= 4 is 36.7 Å². The predicted molar refractivity (Wildman–Crippen MR) is 357 cm³/mol. The summed E-state index contributed by atoms with van der Waals surface area (Å²) in [4.78, 5) is 38.4. The summed E-state index contributed by atoms with van der Waals surface area (Å²) >= 11 is 15.6. The molecular weight excluding hydrogens is 1310 g/mol. The number of nitrogens with zero attached hydrogens (tertiary/aromatic N) is 7. The first kappa shape index (κ1) is 74.8. The van der Waals surface area contributed by atoms with E-state index in [1.165, 1.54) is 52.2 Å². The maximum atomic E-state index is 15.3. The Morgan fingerprint density at radius 1 is 0.479 bits per heavy atom. The second kappa shape index (κ2) is 30.4. The molecule has 0 bridgehead atoms. The van der Waals surface area contributed by atoms with E-state index in [0.717, 1.165) is 52.5 Å². The van der Waals surface area contributed by atoms with Crippen LogP contribution in [0.3, 0.4) is 0 Å². The van der Waals surface area contributed by atoms with E-state index in [2.05, 4.69) is 19.9 Å². The Hall–Kier alpha value is -6.96. The first-order valence-corrected chi connectivity index (χ1v) is 32.6. The number of aryl methyl sites for hydroxylation is 6. The van der Waals surface area contributed by atoms with Crippen molar-refractivity contribution in [2.75, 3.05) is 13.2 Å². The van der Waals surface area contributed by atoms with Crippen molar-refractivity contribution in [3.05, 3.63) is 172 Å². The normalized spacial score (nSPS) is 29.7. The van der Waals surface area contributed by atoms with Crippen LogP contribution >= 0.6 is 36.7 Å². The molecule has 7 aromatic rings. The Labute approximate surface area is 569 Å². The Bertz CT molecular complexity index is 3800. The monoisotopic (exact) mass is 1390 g/mol. The van der Waals surface area contributed by atoms with Crippen LogP contribution in [0.4, 0.5) is 17.6 Å². The lowest BCUT2D eigenvalue weighted by molar-refractivity contribution is -0.0601. The number of alkyl halides is 4. The van der Waals surface area contributed by atoms with Crippen LogP contribution in [-0.4, -0.2) is 131 Å². The number of H-pyrrole nitrogens is 1. The van der Waals surface area contributed by atoms with Crippen molar-refractivity contribution in [3.8, 4) is 34.9 Å². The summed E-state index contributed by atoms with van der Waals surface area (Å²) in [6, 6.07) is 23.5. The summed E-state index contributed by atoms with van der Waals surface area (Å²) in [7, 11) is 0. The molecule has 16 atom stereocenters. The molecule has 11 rings (SSSR count). The largest absolute Gasteiger partial charge is 0.438 e. The first-order valence-electron chi connectivity index (χ1n) is 31.4. The van der Waals surface area contributed by atoms with E-state index in [-0.39, 0.29) is 50.1 Å². The molecule has 21 nitrogen and oxygen atoms in total. The minimum absolute atomic E-state index is 0.0119. The Kier molecular flexibility index (Phi) is 23.7. The molecule has 8 heterocycles. The summed E-state index contributed by atoms with van der Waals surface area (Å²) in [6.45, 7) is 23.7. The van der Waals surface area contributed by atoms with E-state index >= 15 is 8.78 Å². The lowest BCUT2D eigenvalue weighted by Gasteiger charge is -2.26. The van der Waals surface area contributed by atoms with Crippen molar-refractivity contribution in [3.63, 3.8) is 0 Å². The van der Waals surface area contributed by atoms with Gasteiger partial charge in [0.25, 0.3) is 5.56 Å². The molecule has 96 heavy (non-hydrogen) atoms. The number of aliphatic hydroxyl groups excluding tert-OH is 4. The molecule has 0 saturated carbocycles. The molecule has 4 aliphatic heterocycles. The van der Waals surface area contributed by atoms with Crippen LogP contribution in [0.5, 0.6) is 34.9 Å². The number of aliphatic hydroxyl groups is 4. The molecule has 4 aromatic heterocycles. The fourth-order valence-electron chi connectivity index (χ4n) is 12.0. The Morgan fingerprint density at radius 2 is 0.781 bits per heavy atom. The maximum absolute atomic E-state index is 15.3. The van der Waals surface area contributed by atoms with E-state index in [9.17, 15) is 33.7 Å². The van der Waals surface area contributed by atoms with Crippen LogP contribution in [0.25, 0.3) is 0 Å². The summed E-state index contributed by atoms with van der Waals surface area (Å²) in [5.74, 6) is 2.45. The SMILES string of the molecule is CC1(F)[C@@H](O)[C@@H](CO)O[C@H]1n1ccc(=O)[nH]c1=S.CC[C@H]1O[C@@H](n2ccc(Oc3c(C)cccc3C)nc2=O)C(C)(F)[C@H]1C.CC[C@H]1O[C@@H](n2ccc(Oc3c(C)cccc3C)nc2=S)C(C)(F)[C@H]1C.Cc1cccc(C)c1Oc1ccn([C@@H]2O[C@H](CO)[C@H](O)C2(C)F)c(=S)n1. The third kappa shape index (κ3) is 15.6. The molecule has 520 valence electrons. The maximum Gasteiger partial charge on any atom is 0.353 e. The number of benzene rings is 3. The van der Waals surface area contributed by atoms with Gasteiger partial charge in [-0.05, 0) is 152 Å². The smallest absolute Gasteiger partial charge is 0.353 e. The van der Waals surface area contributed by atoms with Crippen molar-refractivity contribution < 1.29 is 71.1 Å². The van der Waals surface area contributed by atoms with Gasteiger partial charge in [-0.1, -0.05) is 82.3 Å². The zero-order valence-electron chi connectivity index (χ0n) is 55.9. The van der Waals surface area contributed by atoms with Gasteiger partial charge < -0.3 is 53.6 Å². The molecule has 4 unspecified atom stereocenters. The number of hydrogen-bond donors (Lipinski definition) is 5. The first-order chi connectivity index (χ1) is 45.1. The minimum Gasteiger partial charge on any atom is -0.438 e. The average Bonchev–Trinajstić information content (AvgIpc) is 1.62. The lowest BCUT2D eigenvalue weighted by atomic mass is 9.88. The zero-order valence-corrected chi connectivity index (χ0v) is 58.4. The molecule has 0 radical (unpaired) electrons. The van der Waals surface area contributed by atoms with Gasteiger partial charge in [-0.3, -0.25) is 28.0 Å². The van der Waals surface area contributed by atoms with Crippen LogP contribution in [0, 0.1) is 67.7 Å². The van der Waals surface area contributed by atoms with Crippen molar-refractivity contribution in [2.24, 2.45) is 11.8 Å². The number of aromatic amines is 1. The standard InChI is InChI=1S/C20H25FN2O3.C20H25FN2O2S.C18H21FN2O4S.C10H13FN2O4S/c1-6-15-14(4)20(5,21)18(25-15)23-11-10-16(22-19(23)24)26-17-12(2)8-7-9-13(17)3;1-6-15-14(4)20(5,21)18(24-15)23-11-10-16(22-19(23)26)25-17-12(2)8-7-9-13(17)3;1-10-5-4-6-11(2)14(10)25-13-7-8-21(17(26)20-13)16-18(3,19)15(23)12(9-22)24-16;1-10(11)7(16)5(4-14)17-8(10)13-3-2-6(15)12-9(13)18/h2*7-11,14-15,18H,6H2,1-5H3;4-8,12,15-16,22-23H,9H2,1-3H3;2-3,5,7-8,14,16H,4H2,1H3,(H,12,15,18)/t2*14-,15+,18+,20?;12-,15+,16-,18?;5-,7+,8-,10?/m0011/s1. The average molecular weight is 1390 g/mol. The topological polar surface area (TPSA) is 254 Å². The highest BCUT2D eigenvalue weighted by Gasteiger charge is 2.57. The number of aromatic nitrogens is 8. The van der Waals surface area contributed by atoms with Gasteiger partial charge in [0.1, 0.15) is 41.7 Å². The summed E-state index contributed by atoms with van der Waals surface area (Å²) in [5.41, 5.74) is -2.56. The molecule has 4 saturated heterocycles. The second-order valence-corrected chi connectivity index (χ2v) is 26.3. The van der Waals surface area contributed by atoms with Crippen LogP contribution in [0.1, 0.15) is 127 Å². The summed E-state index contributed by atoms with van der Waals surface area (Å²) in [5, 5.41) is 38.0. The number of nitrogens with one attached hydrogen (secondary N) is 1. The lowest BCUT2D eigenvalue weighted by Crippen LogP contribution is -2.40. The van der Waals surface area contributed by atoms with E-state index in [4.69, 9.17) is 74.9 Å². The molecule has 4 aliphatic rings. The summed E-state index contributed by atoms with van der Waals surface area (Å²) in [6.07, 6.45) is -2.09. The highest BCUT2D eigenvalue weighted by molar-refractivity contribution is 7.71. The number of hydrogen-bond acceptors (Lipinski definition) is 19. The number of para-hydroxylation sites is 3. The molecular formula is C68H84F4N8O13S3. The van der Waals surface area contributed by atoms with Gasteiger partial charge in [0.15, 0.2) is 52.4 Å². The van der Waals surface area contributed by atoms with Crippen molar-refractivity contribution in [1.29, 1.82) is 0 Å². The van der Waals surface area contributed by atoms with E-state index < -0.39 is 96.5 Å². The molecule has 5 N–H and O–H groups in total. The number of ether oxygens (including phenoxy) is 7. The van der Waals surface area contributed by atoms with Crippen LogP contribution in [0.2, 0.25) is 0 Å². The van der Waals surface area contributed by atoms with E-state index in [1.54, 1.807) is 35.9 Å². The quantitative estimate of drug-likeness (QED) is 0.0501. The fourth-order valence-corrected chi connectivity index (χ4v) is 12.8. The summed E-state index contributed by atoms with van der Waals surface area (Å²) < 4.78 is 105. The number of rotatable bonds is 14. The van der Waals surface area contributed by atoms with E-state index in [1.807, 2.05) is 124 Å². The van der Waals surface area contributed by atoms with Gasteiger partial charge in [-0.2, -0.15) is 15.0 Å². The van der Waals surface area contributed by atoms with Crippen molar-refractivity contribution in [2.45, 2.75) is 194 Å². The van der Waals surface area contributed by atoms with E-state index in [0.29, 0.717) is 23.8 Å². The highest BCUT2D eigenvalue weighted by Crippen LogP contribution is 2.48. The van der Waals surface area contributed by atoms with Gasteiger partial charge in [0.2, 0.25) is 27.2 Å². The molecule has 3 aromatic carbocycles. The Balaban J connectivity index is 0.000000165. The van der Waals surface area contributed by atoms with Gasteiger partial charge in [-0.25, -0.2) is 22.4 Å². The van der Waals surface area contributed by atoms with Crippen LogP contribution < -0.4 is 25.5 Å². The van der Waals surface area contributed by atoms with Crippen LogP contribution in [-0.2, 0) is 18.9 Å². The number of halogens is 4. The molecule has 0 amide bonds. The predicted octanol–water partition coefficient (Wildman–Crippen LogP) is 12.9. The third-order valence-electron chi connectivity index (χ3n) is 18.2. The molecule has 0 aliphatic carbocycles. The third-order valence-corrected chi connectivity index (χ3v) is 19.1. The van der Waals surface area contributed by atoms with Gasteiger partial charge in [0.05, 0.1) is 25.4 Å². The molecule has 4 fully saturated rings. The minimum atomic E-state index is -2.12. The Morgan fingerprint density at radius 3 is 1.08 bits per heavy atom. The van der Waals surface area contributed by atoms with Gasteiger partial charge in [-0.15, -0.1) is 0 Å².